The maximum absolute atomic E-state index is 11.8. The fourth-order valence-corrected chi connectivity index (χ4v) is 2.67. The Morgan fingerprint density at radius 3 is 2.48 bits per heavy atom. The average molecular weight is 347 g/mol. The first-order valence-corrected chi connectivity index (χ1v) is 8.44. The van der Waals surface area contributed by atoms with Crippen molar-refractivity contribution < 1.29 is 19.1 Å². The molecule has 0 bridgehead atoms. The zero-order valence-electron chi connectivity index (χ0n) is 14.8. The monoisotopic (exact) mass is 347 g/mol. The van der Waals surface area contributed by atoms with Crippen LogP contribution in [0.15, 0.2) is 23.3 Å². The summed E-state index contributed by atoms with van der Waals surface area (Å²) in [5.41, 5.74) is 4.46. The van der Waals surface area contributed by atoms with E-state index in [9.17, 15) is 9.59 Å². The highest BCUT2D eigenvalue weighted by molar-refractivity contribution is 5.97. The minimum atomic E-state index is -0.386. The van der Waals surface area contributed by atoms with Gasteiger partial charge in [0.25, 0.3) is 0 Å². The third-order valence-electron chi connectivity index (χ3n) is 4.02. The largest absolute Gasteiger partial charge is 0.493 e. The Labute approximate surface area is 147 Å². The molecule has 2 amide bonds. The lowest BCUT2D eigenvalue weighted by atomic mass is 10.1. The topological polar surface area (TPSA) is 89.0 Å². The summed E-state index contributed by atoms with van der Waals surface area (Å²) in [5.74, 6) is 0.611. The van der Waals surface area contributed by atoms with E-state index in [1.807, 2.05) is 18.2 Å². The van der Waals surface area contributed by atoms with Crippen molar-refractivity contribution >= 4 is 17.5 Å². The zero-order valence-corrected chi connectivity index (χ0v) is 14.8. The molecule has 1 aliphatic rings. The number of rotatable bonds is 8. The summed E-state index contributed by atoms with van der Waals surface area (Å²) in [6, 6.07) is 5.61. The first kappa shape index (κ1) is 18.8. The van der Waals surface area contributed by atoms with Crippen molar-refractivity contribution in [3.05, 3.63) is 23.8 Å². The second kappa shape index (κ2) is 9.66. The van der Waals surface area contributed by atoms with Gasteiger partial charge in [-0.15, -0.1) is 0 Å². The molecule has 1 aromatic carbocycles. The van der Waals surface area contributed by atoms with Gasteiger partial charge in [0.15, 0.2) is 11.5 Å². The van der Waals surface area contributed by atoms with Crippen molar-refractivity contribution in [2.45, 2.75) is 38.5 Å². The van der Waals surface area contributed by atoms with Gasteiger partial charge in [-0.25, -0.2) is 5.43 Å². The molecule has 0 aromatic heterocycles. The van der Waals surface area contributed by atoms with Crippen molar-refractivity contribution in [1.29, 1.82) is 0 Å². The molecule has 1 fully saturated rings. The van der Waals surface area contributed by atoms with E-state index in [4.69, 9.17) is 9.47 Å². The number of nitrogens with zero attached hydrogens (tertiary/aromatic N) is 1. The number of nitrogens with one attached hydrogen (secondary N) is 2. The molecule has 7 heteroatoms. The van der Waals surface area contributed by atoms with Gasteiger partial charge in [-0.05, 0) is 49.8 Å². The van der Waals surface area contributed by atoms with Gasteiger partial charge in [0, 0.05) is 12.3 Å². The van der Waals surface area contributed by atoms with E-state index in [0.29, 0.717) is 24.5 Å². The predicted octanol–water partition coefficient (Wildman–Crippen LogP) is 1.80. The number of hydrazone groups is 1. The Balaban J connectivity index is 1.71. The molecule has 1 aromatic rings. The van der Waals surface area contributed by atoms with E-state index in [1.165, 1.54) is 0 Å². The molecule has 2 rings (SSSR count). The summed E-state index contributed by atoms with van der Waals surface area (Å²) in [7, 11) is 3.16. The second-order valence-corrected chi connectivity index (χ2v) is 5.89. The Kier molecular flexibility index (Phi) is 7.25. The van der Waals surface area contributed by atoms with Crippen LogP contribution in [0.4, 0.5) is 0 Å². The maximum Gasteiger partial charge on any atom is 0.249 e. The fraction of sp³-hybridized carbons (Fsp3) is 0.500. The van der Waals surface area contributed by atoms with Crippen LogP contribution >= 0.6 is 0 Å². The van der Waals surface area contributed by atoms with Crippen LogP contribution in [0.5, 0.6) is 11.5 Å². The normalized spacial score (nSPS) is 13.3. The van der Waals surface area contributed by atoms with Crippen LogP contribution < -0.4 is 20.2 Å². The third kappa shape index (κ3) is 6.10. The third-order valence-corrected chi connectivity index (χ3v) is 4.02. The van der Waals surface area contributed by atoms with E-state index >= 15 is 0 Å². The molecule has 25 heavy (non-hydrogen) atoms. The molecule has 1 saturated carbocycles. The van der Waals surface area contributed by atoms with Crippen LogP contribution in [0, 0.1) is 0 Å². The Morgan fingerprint density at radius 2 is 1.80 bits per heavy atom. The number of benzene rings is 1. The van der Waals surface area contributed by atoms with Gasteiger partial charge < -0.3 is 14.8 Å². The van der Waals surface area contributed by atoms with Crippen molar-refractivity contribution in [2.75, 3.05) is 20.8 Å². The lowest BCUT2D eigenvalue weighted by molar-refractivity contribution is -0.129. The maximum atomic E-state index is 11.8. The van der Waals surface area contributed by atoms with Gasteiger partial charge in [-0.3, -0.25) is 9.59 Å². The summed E-state index contributed by atoms with van der Waals surface area (Å²) in [6.45, 7) is 0.441. The molecule has 2 N–H and O–H groups in total. The van der Waals surface area contributed by atoms with Crippen molar-refractivity contribution in [3.8, 4) is 11.5 Å². The number of carbonyl (C=O) groups is 2. The molecule has 0 unspecified atom stereocenters. The number of hydrogen-bond donors (Lipinski definition) is 2. The minimum Gasteiger partial charge on any atom is -0.493 e. The number of methoxy groups -OCH3 is 2. The number of hydrogen-bond acceptors (Lipinski definition) is 5. The smallest absolute Gasteiger partial charge is 0.249 e. The van der Waals surface area contributed by atoms with E-state index < -0.39 is 0 Å². The van der Waals surface area contributed by atoms with Gasteiger partial charge in [-0.2, -0.15) is 5.10 Å². The first-order valence-electron chi connectivity index (χ1n) is 8.44. The first-order chi connectivity index (χ1) is 12.1. The molecule has 0 aliphatic heterocycles. The highest BCUT2D eigenvalue weighted by atomic mass is 16.5. The summed E-state index contributed by atoms with van der Waals surface area (Å²) < 4.78 is 10.4. The molecule has 0 spiro atoms. The summed E-state index contributed by atoms with van der Waals surface area (Å²) >= 11 is 0. The average Bonchev–Trinajstić information content (AvgIpc) is 3.13. The van der Waals surface area contributed by atoms with Crippen LogP contribution in [-0.2, 0) is 16.0 Å². The van der Waals surface area contributed by atoms with E-state index in [1.54, 1.807) is 14.2 Å². The van der Waals surface area contributed by atoms with Gasteiger partial charge in [0.05, 0.1) is 14.2 Å². The molecule has 7 nitrogen and oxygen atoms in total. The van der Waals surface area contributed by atoms with E-state index in [2.05, 4.69) is 15.8 Å². The van der Waals surface area contributed by atoms with Crippen molar-refractivity contribution in [3.63, 3.8) is 0 Å². The summed E-state index contributed by atoms with van der Waals surface area (Å²) in [5, 5.41) is 6.79. The number of ether oxygens (including phenoxy) is 2. The molecule has 136 valence electrons. The van der Waals surface area contributed by atoms with Crippen molar-refractivity contribution in [2.24, 2.45) is 5.10 Å². The van der Waals surface area contributed by atoms with E-state index in [-0.39, 0.29) is 18.2 Å². The Morgan fingerprint density at radius 1 is 1.08 bits per heavy atom. The molecule has 0 saturated heterocycles. The van der Waals surface area contributed by atoms with Gasteiger partial charge >= 0.3 is 0 Å². The van der Waals surface area contributed by atoms with Gasteiger partial charge in [0.1, 0.15) is 6.42 Å². The predicted molar refractivity (Wildman–Crippen MR) is 94.9 cm³/mol. The SMILES string of the molecule is COc1ccc(CCNC(=O)CC(=O)NN=C2CCCC2)cc1OC. The second-order valence-electron chi connectivity index (χ2n) is 5.89. The van der Waals surface area contributed by atoms with E-state index in [0.717, 1.165) is 37.0 Å². The molecule has 0 radical (unpaired) electrons. The Hall–Kier alpha value is -2.57. The highest BCUT2D eigenvalue weighted by Crippen LogP contribution is 2.27. The van der Waals surface area contributed by atoms with Gasteiger partial charge in [0.2, 0.25) is 11.8 Å². The van der Waals surface area contributed by atoms with Crippen LogP contribution in [0.1, 0.15) is 37.7 Å². The molecule has 0 heterocycles. The number of carbonyl (C=O) groups excluding carboxylic acids is 2. The fourth-order valence-electron chi connectivity index (χ4n) is 2.67. The minimum absolute atomic E-state index is 0.220. The molecule has 1 aliphatic carbocycles. The van der Waals surface area contributed by atoms with Crippen LogP contribution in [0.2, 0.25) is 0 Å². The van der Waals surface area contributed by atoms with Crippen LogP contribution in [0.3, 0.4) is 0 Å². The molecule has 0 atom stereocenters. The van der Waals surface area contributed by atoms with Gasteiger partial charge in [-0.1, -0.05) is 6.07 Å². The summed E-state index contributed by atoms with van der Waals surface area (Å²) in [6.07, 6.45) is 4.50. The molecular weight excluding hydrogens is 322 g/mol. The number of amides is 2. The van der Waals surface area contributed by atoms with Crippen LogP contribution in [0.25, 0.3) is 0 Å². The highest BCUT2D eigenvalue weighted by Gasteiger charge is 2.11. The van der Waals surface area contributed by atoms with Crippen molar-refractivity contribution in [1.82, 2.24) is 10.7 Å². The zero-order chi connectivity index (χ0) is 18.1. The standard InChI is InChI=1S/C18H25N3O4/c1-24-15-8-7-13(11-16(15)25-2)9-10-19-17(22)12-18(23)21-20-14-5-3-4-6-14/h7-8,11H,3-6,9-10,12H2,1-2H3,(H,19,22)(H,21,23). The van der Waals surface area contributed by atoms with Crippen LogP contribution in [-0.4, -0.2) is 38.3 Å². The Bertz CT molecular complexity index is 635. The lowest BCUT2D eigenvalue weighted by Crippen LogP contribution is -2.31. The lowest BCUT2D eigenvalue weighted by Gasteiger charge is -2.10. The summed E-state index contributed by atoms with van der Waals surface area (Å²) in [4.78, 5) is 23.5. The quantitative estimate of drug-likeness (QED) is 0.554. The molecular formula is C18H25N3O4.